The summed E-state index contributed by atoms with van der Waals surface area (Å²) in [7, 11) is 5.19. The van der Waals surface area contributed by atoms with Crippen LogP contribution in [0.1, 0.15) is 52.2 Å². The predicted molar refractivity (Wildman–Crippen MR) is 144 cm³/mol. The van der Waals surface area contributed by atoms with Gasteiger partial charge in [0, 0.05) is 18.2 Å². The Morgan fingerprint density at radius 3 is 2.41 bits per heavy atom. The fourth-order valence-corrected chi connectivity index (χ4v) is 5.12. The molecule has 0 spiro atoms. The Balaban J connectivity index is 0.00000121. The molecule has 1 aliphatic carbocycles. The van der Waals surface area contributed by atoms with E-state index in [1.165, 1.54) is 25.2 Å². The summed E-state index contributed by atoms with van der Waals surface area (Å²) >= 11 is 6.50. The van der Waals surface area contributed by atoms with Crippen LogP contribution < -0.4 is 15.4 Å². The van der Waals surface area contributed by atoms with E-state index in [0.29, 0.717) is 6.42 Å². The zero-order valence-electron chi connectivity index (χ0n) is 21.5. The lowest BCUT2D eigenvalue weighted by molar-refractivity contribution is 0.0963. The molecular weight excluding hydrogens is 498 g/mol. The fourth-order valence-electron chi connectivity index (χ4n) is 4.86. The van der Waals surface area contributed by atoms with Crippen LogP contribution in [0.25, 0.3) is 11.1 Å². The first-order valence-corrected chi connectivity index (χ1v) is 12.6. The normalized spacial score (nSPS) is 16.3. The first-order valence-electron chi connectivity index (χ1n) is 12.2. The molecule has 37 heavy (non-hydrogen) atoms. The minimum atomic E-state index is -0.821. The monoisotopic (exact) mass is 530 g/mol. The standard InChI is InChI=1S/C27H26ClF2NO3.C2H7N/c1-15-12-17(16-6-4-3-5-7-16)13-20-19(15)14-21(29)25(28)23(20)24-18(27(33)31-2)8-9-22(26(24)30)34-11-10-32;1-3-2/h3-9,14-15,17,32H,10-13H2,1-2H3,(H,31,33);3H,1-2H3. The summed E-state index contributed by atoms with van der Waals surface area (Å²) in [5, 5.41) is 14.1. The molecule has 0 bridgehead atoms. The number of hydrogen-bond acceptors (Lipinski definition) is 4. The topological polar surface area (TPSA) is 70.6 Å². The van der Waals surface area contributed by atoms with Crippen molar-refractivity contribution in [3.8, 4) is 16.9 Å². The Kier molecular flexibility index (Phi) is 10.0. The molecular formula is C29H33ClF2N2O3. The molecule has 5 nitrogen and oxygen atoms in total. The molecule has 1 amide bonds. The van der Waals surface area contributed by atoms with E-state index in [9.17, 15) is 4.79 Å². The highest BCUT2D eigenvalue weighted by Crippen LogP contribution is 2.48. The summed E-state index contributed by atoms with van der Waals surface area (Å²) < 4.78 is 36.3. The number of nitrogens with one attached hydrogen (secondary N) is 2. The molecule has 0 radical (unpaired) electrons. The Bertz CT molecular complexity index is 1240. The van der Waals surface area contributed by atoms with Gasteiger partial charge in [0.25, 0.3) is 5.91 Å². The van der Waals surface area contributed by atoms with Crippen LogP contribution in [0, 0.1) is 11.6 Å². The minimum Gasteiger partial charge on any atom is -0.488 e. The number of ether oxygens (including phenoxy) is 1. The molecule has 3 N–H and O–H groups in total. The SMILES string of the molecule is CNC.CNC(=O)c1ccc(OCCO)c(F)c1-c1c(Cl)c(F)cc2c1CC(c1ccccc1)CC2C. The molecule has 0 heterocycles. The lowest BCUT2D eigenvalue weighted by Gasteiger charge is -2.32. The van der Waals surface area contributed by atoms with Gasteiger partial charge < -0.3 is 20.5 Å². The molecule has 4 rings (SSSR count). The second-order valence-corrected chi connectivity index (χ2v) is 9.39. The number of carbonyl (C=O) groups excluding carboxylic acids is 1. The lowest BCUT2D eigenvalue weighted by atomic mass is 9.72. The number of rotatable bonds is 6. The number of aliphatic hydroxyl groups excluding tert-OH is 1. The number of aliphatic hydroxyl groups is 1. The fraction of sp³-hybridized carbons (Fsp3) is 0.345. The van der Waals surface area contributed by atoms with Crippen molar-refractivity contribution in [2.75, 3.05) is 34.4 Å². The Labute approximate surface area is 221 Å². The van der Waals surface area contributed by atoms with Gasteiger partial charge in [-0.2, -0.15) is 0 Å². The van der Waals surface area contributed by atoms with Gasteiger partial charge in [-0.3, -0.25) is 4.79 Å². The first-order chi connectivity index (χ1) is 17.8. The largest absolute Gasteiger partial charge is 0.488 e. The van der Waals surface area contributed by atoms with Crippen LogP contribution in [0.5, 0.6) is 5.75 Å². The number of carbonyl (C=O) groups is 1. The third-order valence-corrected chi connectivity index (χ3v) is 6.80. The van der Waals surface area contributed by atoms with Gasteiger partial charge in [0.15, 0.2) is 11.6 Å². The van der Waals surface area contributed by atoms with Crippen LogP contribution in [0.3, 0.4) is 0 Å². The molecule has 8 heteroatoms. The molecule has 1 aliphatic rings. The van der Waals surface area contributed by atoms with Crippen molar-refractivity contribution in [3.05, 3.63) is 87.4 Å². The molecule has 2 atom stereocenters. The number of fused-ring (bicyclic) bond motifs is 1. The van der Waals surface area contributed by atoms with Gasteiger partial charge in [0.05, 0.1) is 17.2 Å². The highest BCUT2D eigenvalue weighted by molar-refractivity contribution is 6.34. The predicted octanol–water partition coefficient (Wildman–Crippen LogP) is 5.69. The molecule has 0 aromatic heterocycles. The maximum Gasteiger partial charge on any atom is 0.251 e. The Hall–Kier alpha value is -3.00. The van der Waals surface area contributed by atoms with Gasteiger partial charge in [0.1, 0.15) is 12.4 Å². The molecule has 3 aromatic carbocycles. The molecule has 0 saturated carbocycles. The van der Waals surface area contributed by atoms with E-state index in [4.69, 9.17) is 21.4 Å². The van der Waals surface area contributed by atoms with Gasteiger partial charge in [-0.25, -0.2) is 8.78 Å². The molecule has 3 aromatic rings. The van der Waals surface area contributed by atoms with Crippen LogP contribution in [-0.4, -0.2) is 45.4 Å². The second kappa shape index (κ2) is 13.0. The zero-order chi connectivity index (χ0) is 27.1. The van der Waals surface area contributed by atoms with Gasteiger partial charge in [-0.1, -0.05) is 48.9 Å². The minimum absolute atomic E-state index is 0.000178. The van der Waals surface area contributed by atoms with E-state index >= 15 is 8.78 Å². The Morgan fingerprint density at radius 2 is 1.78 bits per heavy atom. The van der Waals surface area contributed by atoms with E-state index in [-0.39, 0.29) is 52.5 Å². The quantitative estimate of drug-likeness (QED) is 0.383. The number of amides is 1. The number of halogens is 3. The third-order valence-electron chi connectivity index (χ3n) is 6.43. The molecule has 2 unspecified atom stereocenters. The highest BCUT2D eigenvalue weighted by atomic mass is 35.5. The second-order valence-electron chi connectivity index (χ2n) is 9.02. The Morgan fingerprint density at radius 1 is 1.11 bits per heavy atom. The van der Waals surface area contributed by atoms with Crippen molar-refractivity contribution < 1.29 is 23.4 Å². The van der Waals surface area contributed by atoms with Crippen molar-refractivity contribution in [2.24, 2.45) is 0 Å². The van der Waals surface area contributed by atoms with Crippen molar-refractivity contribution >= 4 is 17.5 Å². The third kappa shape index (κ3) is 6.12. The van der Waals surface area contributed by atoms with Crippen LogP contribution in [0.2, 0.25) is 5.02 Å². The summed E-state index contributed by atoms with van der Waals surface area (Å²) in [4.78, 5) is 12.7. The lowest BCUT2D eigenvalue weighted by Crippen LogP contribution is -2.21. The van der Waals surface area contributed by atoms with Crippen LogP contribution >= 0.6 is 11.6 Å². The van der Waals surface area contributed by atoms with Gasteiger partial charge in [0.2, 0.25) is 0 Å². The van der Waals surface area contributed by atoms with E-state index < -0.39 is 17.5 Å². The summed E-state index contributed by atoms with van der Waals surface area (Å²) in [6.07, 6.45) is 1.33. The average Bonchev–Trinajstić information content (AvgIpc) is 2.90. The maximum atomic E-state index is 15.9. The summed E-state index contributed by atoms with van der Waals surface area (Å²) in [6, 6.07) is 14.2. The molecule has 0 fully saturated rings. The highest BCUT2D eigenvalue weighted by Gasteiger charge is 2.33. The molecule has 198 valence electrons. The summed E-state index contributed by atoms with van der Waals surface area (Å²) in [5.74, 6) is -2.03. The van der Waals surface area contributed by atoms with Crippen molar-refractivity contribution in [1.29, 1.82) is 0 Å². The molecule has 0 saturated heterocycles. The first kappa shape index (κ1) is 28.6. The van der Waals surface area contributed by atoms with Crippen molar-refractivity contribution in [3.63, 3.8) is 0 Å². The van der Waals surface area contributed by atoms with E-state index in [1.54, 1.807) is 0 Å². The molecule has 0 aliphatic heterocycles. The van der Waals surface area contributed by atoms with E-state index in [2.05, 4.69) is 10.6 Å². The van der Waals surface area contributed by atoms with Gasteiger partial charge >= 0.3 is 0 Å². The smallest absolute Gasteiger partial charge is 0.251 e. The van der Waals surface area contributed by atoms with Crippen molar-refractivity contribution in [2.45, 2.75) is 31.6 Å². The average molecular weight is 531 g/mol. The maximum absolute atomic E-state index is 15.9. The number of benzene rings is 3. The summed E-state index contributed by atoms with van der Waals surface area (Å²) in [6.45, 7) is 1.58. The van der Waals surface area contributed by atoms with Crippen LogP contribution in [0.15, 0.2) is 48.5 Å². The van der Waals surface area contributed by atoms with E-state index in [0.717, 1.165) is 23.1 Å². The van der Waals surface area contributed by atoms with Crippen LogP contribution in [-0.2, 0) is 6.42 Å². The van der Waals surface area contributed by atoms with E-state index in [1.807, 2.05) is 51.4 Å². The van der Waals surface area contributed by atoms with Crippen molar-refractivity contribution in [1.82, 2.24) is 10.6 Å². The van der Waals surface area contributed by atoms with Gasteiger partial charge in [-0.05, 0) is 73.7 Å². The van der Waals surface area contributed by atoms with Crippen LogP contribution in [0.4, 0.5) is 8.78 Å². The van der Waals surface area contributed by atoms with Gasteiger partial charge in [-0.15, -0.1) is 0 Å². The summed E-state index contributed by atoms with van der Waals surface area (Å²) in [5.41, 5.74) is 2.72. The number of hydrogen-bond donors (Lipinski definition) is 3. The zero-order valence-corrected chi connectivity index (χ0v) is 22.3.